The summed E-state index contributed by atoms with van der Waals surface area (Å²) in [6.45, 7) is 0.848. The second-order valence-electron chi connectivity index (χ2n) is 7.46. The average molecular weight is 399 g/mol. The van der Waals surface area contributed by atoms with Crippen molar-refractivity contribution in [1.29, 1.82) is 0 Å². The van der Waals surface area contributed by atoms with E-state index in [1.54, 1.807) is 36.3 Å². The minimum atomic E-state index is -0.306. The van der Waals surface area contributed by atoms with E-state index >= 15 is 0 Å². The Balaban J connectivity index is 1.62. The molecule has 0 bridgehead atoms. The monoisotopic (exact) mass is 398 g/mol. The largest absolute Gasteiger partial charge is 0.496 e. The van der Waals surface area contributed by atoms with Crippen molar-refractivity contribution in [2.45, 2.75) is 24.8 Å². The predicted molar refractivity (Wildman–Crippen MR) is 108 cm³/mol. The minimum absolute atomic E-state index is 0.0137. The number of nitrogens with one attached hydrogen (secondary N) is 1. The van der Waals surface area contributed by atoms with E-state index in [0.717, 1.165) is 24.2 Å². The number of methoxy groups -OCH3 is 1. The van der Waals surface area contributed by atoms with Crippen LogP contribution in [-0.2, 0) is 4.79 Å². The number of amides is 2. The van der Waals surface area contributed by atoms with Gasteiger partial charge in [-0.2, -0.15) is 0 Å². The van der Waals surface area contributed by atoms with Crippen LogP contribution < -0.4 is 10.1 Å². The molecule has 2 aromatic carbocycles. The van der Waals surface area contributed by atoms with Crippen LogP contribution in [0.5, 0.6) is 5.75 Å². The van der Waals surface area contributed by atoms with Gasteiger partial charge in [-0.3, -0.25) is 9.59 Å². The average Bonchev–Trinajstić information content (AvgIpc) is 3.41. The predicted octanol–water partition coefficient (Wildman–Crippen LogP) is 3.48. The third-order valence-corrected chi connectivity index (χ3v) is 5.71. The zero-order valence-corrected chi connectivity index (χ0v) is 16.5. The Bertz CT molecular complexity index is 897. The molecule has 0 spiro atoms. The number of likely N-dealkylation sites (tertiary alicyclic amines) is 1. The fourth-order valence-electron chi connectivity index (χ4n) is 3.86. The Kier molecular flexibility index (Phi) is 5.27. The first kappa shape index (κ1) is 18.8. The topological polar surface area (TPSA) is 58.6 Å². The first-order chi connectivity index (χ1) is 13.6. The Hall–Kier alpha value is -2.53. The van der Waals surface area contributed by atoms with Crippen molar-refractivity contribution < 1.29 is 14.3 Å². The van der Waals surface area contributed by atoms with E-state index in [2.05, 4.69) is 5.32 Å². The Labute approximate surface area is 169 Å². The molecular formula is C22H23ClN2O3. The molecule has 0 aromatic heterocycles. The normalized spacial score (nSPS) is 21.4. The van der Waals surface area contributed by atoms with Crippen LogP contribution in [0.3, 0.4) is 0 Å². The van der Waals surface area contributed by atoms with Crippen LogP contribution in [-0.4, -0.2) is 43.0 Å². The van der Waals surface area contributed by atoms with Gasteiger partial charge in [-0.05, 0) is 42.7 Å². The molecule has 5 nitrogen and oxygen atoms in total. The molecule has 2 atom stereocenters. The highest BCUT2D eigenvalue weighted by molar-refractivity contribution is 6.30. The molecule has 1 saturated heterocycles. The molecule has 0 radical (unpaired) electrons. The molecule has 1 heterocycles. The number of benzene rings is 2. The zero-order chi connectivity index (χ0) is 19.7. The number of carbonyl (C=O) groups excluding carboxylic acids is 2. The molecule has 2 aliphatic rings. The van der Waals surface area contributed by atoms with E-state index in [1.807, 2.05) is 24.3 Å². The second kappa shape index (κ2) is 7.84. The molecule has 28 heavy (non-hydrogen) atoms. The van der Waals surface area contributed by atoms with Gasteiger partial charge < -0.3 is 15.0 Å². The van der Waals surface area contributed by atoms with Crippen molar-refractivity contribution in [2.75, 3.05) is 20.2 Å². The fraction of sp³-hybridized carbons (Fsp3) is 0.364. The fourth-order valence-corrected chi connectivity index (χ4v) is 4.05. The number of hydrogen-bond donors (Lipinski definition) is 1. The van der Waals surface area contributed by atoms with E-state index in [-0.39, 0.29) is 29.7 Å². The number of hydrogen-bond acceptors (Lipinski definition) is 3. The highest BCUT2D eigenvalue weighted by atomic mass is 35.5. The molecule has 4 rings (SSSR count). The summed E-state index contributed by atoms with van der Waals surface area (Å²) in [5, 5.41) is 3.63. The third-order valence-electron chi connectivity index (χ3n) is 5.48. The molecule has 2 fully saturated rings. The van der Waals surface area contributed by atoms with Gasteiger partial charge in [0.15, 0.2) is 0 Å². The lowest BCUT2D eigenvalue weighted by atomic mass is 9.87. The molecule has 2 amide bonds. The van der Waals surface area contributed by atoms with Crippen LogP contribution in [0.1, 0.15) is 34.7 Å². The summed E-state index contributed by atoms with van der Waals surface area (Å²) < 4.78 is 5.52. The third kappa shape index (κ3) is 3.85. The number of rotatable bonds is 5. The van der Waals surface area contributed by atoms with Crippen LogP contribution in [0, 0.1) is 5.92 Å². The van der Waals surface area contributed by atoms with E-state index in [1.165, 1.54) is 0 Å². The zero-order valence-electron chi connectivity index (χ0n) is 15.7. The molecule has 1 saturated carbocycles. The summed E-state index contributed by atoms with van der Waals surface area (Å²) >= 11 is 6.05. The molecule has 1 aliphatic carbocycles. The Morgan fingerprint density at radius 2 is 1.89 bits per heavy atom. The van der Waals surface area contributed by atoms with Gasteiger partial charge in [-0.15, -0.1) is 0 Å². The summed E-state index contributed by atoms with van der Waals surface area (Å²) in [5.41, 5.74) is 1.50. The standard InChI is InChI=1S/C22H23ClN2O3/c1-28-20-8-3-2-7-17(20)18-12-25(13-19(18)21(26)24-16-9-10-16)22(27)14-5-4-6-15(23)11-14/h2-8,11,16,18-19H,9-10,12-13H2,1H3,(H,24,26)/t18-,19-/m0/s1. The Morgan fingerprint density at radius 3 is 2.61 bits per heavy atom. The summed E-state index contributed by atoms with van der Waals surface area (Å²) in [7, 11) is 1.63. The first-order valence-corrected chi connectivity index (χ1v) is 9.92. The Morgan fingerprint density at radius 1 is 1.11 bits per heavy atom. The van der Waals surface area contributed by atoms with E-state index < -0.39 is 0 Å². The number of halogens is 1. The van der Waals surface area contributed by atoms with Gasteiger partial charge in [-0.1, -0.05) is 35.9 Å². The minimum Gasteiger partial charge on any atom is -0.496 e. The number of carbonyl (C=O) groups is 2. The van der Waals surface area contributed by atoms with Crippen LogP contribution in [0.25, 0.3) is 0 Å². The van der Waals surface area contributed by atoms with Crippen molar-refractivity contribution in [1.82, 2.24) is 10.2 Å². The molecule has 6 heteroatoms. The van der Waals surface area contributed by atoms with Gasteiger partial charge in [0.25, 0.3) is 5.91 Å². The summed E-state index contributed by atoms with van der Waals surface area (Å²) in [5.74, 6) is 0.232. The number of nitrogens with zero attached hydrogens (tertiary/aromatic N) is 1. The second-order valence-corrected chi connectivity index (χ2v) is 7.89. The summed E-state index contributed by atoms with van der Waals surface area (Å²) in [4.78, 5) is 27.7. The van der Waals surface area contributed by atoms with E-state index in [0.29, 0.717) is 23.7 Å². The van der Waals surface area contributed by atoms with Gasteiger partial charge in [0, 0.05) is 35.6 Å². The highest BCUT2D eigenvalue weighted by Crippen LogP contribution is 2.38. The van der Waals surface area contributed by atoms with E-state index in [4.69, 9.17) is 16.3 Å². The van der Waals surface area contributed by atoms with Gasteiger partial charge in [0.05, 0.1) is 13.0 Å². The van der Waals surface area contributed by atoms with Crippen LogP contribution >= 0.6 is 11.6 Å². The molecule has 146 valence electrons. The van der Waals surface area contributed by atoms with Gasteiger partial charge in [0.1, 0.15) is 5.75 Å². The SMILES string of the molecule is COc1ccccc1[C@@H]1CN(C(=O)c2cccc(Cl)c2)C[C@@H]1C(=O)NC1CC1. The van der Waals surface area contributed by atoms with Crippen molar-refractivity contribution in [3.8, 4) is 5.75 Å². The summed E-state index contributed by atoms with van der Waals surface area (Å²) in [6, 6.07) is 14.9. The van der Waals surface area contributed by atoms with Crippen molar-refractivity contribution in [2.24, 2.45) is 5.92 Å². The molecule has 1 aliphatic heterocycles. The van der Waals surface area contributed by atoms with E-state index in [9.17, 15) is 9.59 Å². The number of ether oxygens (including phenoxy) is 1. The lowest BCUT2D eigenvalue weighted by Gasteiger charge is -2.20. The summed E-state index contributed by atoms with van der Waals surface area (Å²) in [6.07, 6.45) is 2.06. The van der Waals surface area contributed by atoms with Gasteiger partial charge in [0.2, 0.25) is 5.91 Å². The lowest BCUT2D eigenvalue weighted by molar-refractivity contribution is -0.125. The lowest BCUT2D eigenvalue weighted by Crippen LogP contribution is -2.36. The maximum atomic E-state index is 13.0. The number of para-hydroxylation sites is 1. The first-order valence-electron chi connectivity index (χ1n) is 9.55. The van der Waals surface area contributed by atoms with Crippen LogP contribution in [0.2, 0.25) is 5.02 Å². The highest BCUT2D eigenvalue weighted by Gasteiger charge is 2.42. The van der Waals surface area contributed by atoms with Crippen LogP contribution in [0.4, 0.5) is 0 Å². The van der Waals surface area contributed by atoms with Gasteiger partial charge in [-0.25, -0.2) is 0 Å². The van der Waals surface area contributed by atoms with Crippen LogP contribution in [0.15, 0.2) is 48.5 Å². The maximum Gasteiger partial charge on any atom is 0.253 e. The van der Waals surface area contributed by atoms with Crippen molar-refractivity contribution in [3.05, 3.63) is 64.7 Å². The molecular weight excluding hydrogens is 376 g/mol. The maximum absolute atomic E-state index is 13.0. The molecule has 2 aromatic rings. The van der Waals surface area contributed by atoms with Crippen molar-refractivity contribution in [3.63, 3.8) is 0 Å². The quantitative estimate of drug-likeness (QED) is 0.838. The molecule has 1 N–H and O–H groups in total. The smallest absolute Gasteiger partial charge is 0.253 e. The van der Waals surface area contributed by atoms with Crippen molar-refractivity contribution >= 4 is 23.4 Å². The van der Waals surface area contributed by atoms with Gasteiger partial charge >= 0.3 is 0 Å². The molecule has 0 unspecified atom stereocenters.